The Morgan fingerprint density at radius 2 is 2.15 bits per heavy atom. The van der Waals surface area contributed by atoms with Gasteiger partial charge >= 0.3 is 0 Å². The summed E-state index contributed by atoms with van der Waals surface area (Å²) < 4.78 is 5.16. The van der Waals surface area contributed by atoms with Crippen LogP contribution in [0.15, 0.2) is 28.8 Å². The van der Waals surface area contributed by atoms with Gasteiger partial charge in [-0.25, -0.2) is 0 Å². The molecule has 0 saturated carbocycles. The van der Waals surface area contributed by atoms with Crippen LogP contribution in [0.1, 0.15) is 41.1 Å². The quantitative estimate of drug-likeness (QED) is 0.850. The molecule has 0 aliphatic rings. The fourth-order valence-electron chi connectivity index (χ4n) is 2.35. The number of aliphatic hydroxyl groups excluding tert-OH is 1. The highest BCUT2D eigenvalue weighted by Crippen LogP contribution is 2.16. The van der Waals surface area contributed by atoms with E-state index in [1.807, 2.05) is 32.0 Å². The summed E-state index contributed by atoms with van der Waals surface area (Å²) in [6.07, 6.45) is 0.908. The van der Waals surface area contributed by atoms with Crippen LogP contribution in [0, 0.1) is 13.8 Å². The summed E-state index contributed by atoms with van der Waals surface area (Å²) in [4.78, 5) is 0. The lowest BCUT2D eigenvalue weighted by Crippen LogP contribution is -2.21. The molecule has 1 unspecified atom stereocenters. The number of aromatic nitrogens is 1. The average molecular weight is 274 g/mol. The third kappa shape index (κ3) is 3.46. The predicted octanol–water partition coefficient (Wildman–Crippen LogP) is 2.68. The van der Waals surface area contributed by atoms with Crippen molar-refractivity contribution >= 4 is 0 Å². The molecule has 20 heavy (non-hydrogen) atoms. The van der Waals surface area contributed by atoms with Crippen LogP contribution >= 0.6 is 0 Å². The predicted molar refractivity (Wildman–Crippen MR) is 78.5 cm³/mol. The second-order valence-corrected chi connectivity index (χ2v) is 5.13. The molecule has 0 amide bonds. The van der Waals surface area contributed by atoms with E-state index in [1.54, 1.807) is 0 Å². The maximum Gasteiger partial charge on any atom is 0.137 e. The van der Waals surface area contributed by atoms with Crippen molar-refractivity contribution in [1.29, 1.82) is 0 Å². The van der Waals surface area contributed by atoms with Crippen molar-refractivity contribution in [3.8, 4) is 0 Å². The van der Waals surface area contributed by atoms with E-state index in [-0.39, 0.29) is 12.6 Å². The Hall–Kier alpha value is -1.65. The molecule has 1 heterocycles. The van der Waals surface area contributed by atoms with Gasteiger partial charge in [0.25, 0.3) is 0 Å². The minimum atomic E-state index is 0.0830. The molecular weight excluding hydrogens is 252 g/mol. The second kappa shape index (κ2) is 6.68. The maximum absolute atomic E-state index is 9.17. The summed E-state index contributed by atoms with van der Waals surface area (Å²) in [6.45, 7) is 7.00. The number of hydrogen-bond acceptors (Lipinski definition) is 4. The van der Waals surface area contributed by atoms with Gasteiger partial charge in [0.05, 0.1) is 12.3 Å². The van der Waals surface area contributed by atoms with E-state index >= 15 is 0 Å². The third-order valence-corrected chi connectivity index (χ3v) is 3.64. The summed E-state index contributed by atoms with van der Waals surface area (Å²) in [5.41, 5.74) is 4.30. The highest BCUT2D eigenvalue weighted by atomic mass is 16.5. The molecule has 2 rings (SSSR count). The van der Waals surface area contributed by atoms with Crippen LogP contribution in [0.2, 0.25) is 0 Å². The molecule has 1 atom stereocenters. The summed E-state index contributed by atoms with van der Waals surface area (Å²) in [5, 5.41) is 16.6. The Morgan fingerprint density at radius 3 is 2.80 bits per heavy atom. The Bertz CT molecular complexity index is 544. The standard InChI is InChI=1S/C16H22N2O2/c1-11(15-6-4-5-14(9-15)10-19)17-8-7-16-12(2)18-20-13(16)3/h4-6,9,11,17,19H,7-8,10H2,1-3H3. The van der Waals surface area contributed by atoms with E-state index in [0.717, 1.165) is 30.0 Å². The molecule has 0 spiro atoms. The maximum atomic E-state index is 9.17. The summed E-state index contributed by atoms with van der Waals surface area (Å²) >= 11 is 0. The zero-order valence-electron chi connectivity index (χ0n) is 12.3. The topological polar surface area (TPSA) is 58.3 Å². The smallest absolute Gasteiger partial charge is 0.137 e. The number of aliphatic hydroxyl groups is 1. The molecule has 4 heteroatoms. The molecule has 2 aromatic rings. The van der Waals surface area contributed by atoms with Gasteiger partial charge in [0.2, 0.25) is 0 Å². The van der Waals surface area contributed by atoms with Gasteiger partial charge < -0.3 is 14.9 Å². The number of aryl methyl sites for hydroxylation is 2. The minimum absolute atomic E-state index is 0.0830. The lowest BCUT2D eigenvalue weighted by Gasteiger charge is -2.15. The number of nitrogens with one attached hydrogen (secondary N) is 1. The lowest BCUT2D eigenvalue weighted by atomic mass is 10.0. The molecule has 4 nitrogen and oxygen atoms in total. The van der Waals surface area contributed by atoms with Crippen LogP contribution in [-0.2, 0) is 13.0 Å². The van der Waals surface area contributed by atoms with Crippen molar-refractivity contribution in [3.05, 3.63) is 52.4 Å². The SMILES string of the molecule is Cc1noc(C)c1CCNC(C)c1cccc(CO)c1. The molecule has 108 valence electrons. The summed E-state index contributed by atoms with van der Waals surface area (Å²) in [5.74, 6) is 0.902. The van der Waals surface area contributed by atoms with Crippen molar-refractivity contribution in [2.24, 2.45) is 0 Å². The molecule has 0 bridgehead atoms. The molecule has 1 aromatic heterocycles. The van der Waals surface area contributed by atoms with Gasteiger partial charge in [-0.15, -0.1) is 0 Å². The van der Waals surface area contributed by atoms with E-state index in [1.165, 1.54) is 11.1 Å². The fourth-order valence-corrected chi connectivity index (χ4v) is 2.35. The van der Waals surface area contributed by atoms with Crippen LogP contribution < -0.4 is 5.32 Å². The van der Waals surface area contributed by atoms with Crippen LogP contribution in [0.3, 0.4) is 0 Å². The van der Waals surface area contributed by atoms with Gasteiger partial charge in [-0.05, 0) is 44.9 Å². The van der Waals surface area contributed by atoms with Crippen molar-refractivity contribution in [2.45, 2.75) is 39.8 Å². The van der Waals surface area contributed by atoms with E-state index in [2.05, 4.69) is 23.5 Å². The molecule has 0 saturated heterocycles. The highest BCUT2D eigenvalue weighted by Gasteiger charge is 2.10. The monoisotopic (exact) mass is 274 g/mol. The van der Waals surface area contributed by atoms with E-state index in [4.69, 9.17) is 9.63 Å². The molecule has 1 aromatic carbocycles. The number of benzene rings is 1. The molecule has 2 N–H and O–H groups in total. The normalized spacial score (nSPS) is 12.6. The van der Waals surface area contributed by atoms with Crippen LogP contribution in [-0.4, -0.2) is 16.8 Å². The molecule has 0 radical (unpaired) electrons. The molecule has 0 aliphatic carbocycles. The average Bonchev–Trinajstić information content (AvgIpc) is 2.79. The first-order valence-corrected chi connectivity index (χ1v) is 6.96. The van der Waals surface area contributed by atoms with Crippen molar-refractivity contribution in [2.75, 3.05) is 6.54 Å². The second-order valence-electron chi connectivity index (χ2n) is 5.13. The Labute approximate surface area is 119 Å². The van der Waals surface area contributed by atoms with Gasteiger partial charge in [-0.1, -0.05) is 29.4 Å². The van der Waals surface area contributed by atoms with Crippen LogP contribution in [0.5, 0.6) is 0 Å². The van der Waals surface area contributed by atoms with E-state index in [9.17, 15) is 0 Å². The van der Waals surface area contributed by atoms with Crippen molar-refractivity contribution in [1.82, 2.24) is 10.5 Å². The first-order chi connectivity index (χ1) is 9.61. The van der Waals surface area contributed by atoms with Gasteiger partial charge in [0.15, 0.2) is 0 Å². The number of nitrogens with zero attached hydrogens (tertiary/aromatic N) is 1. The van der Waals surface area contributed by atoms with E-state index in [0.29, 0.717) is 0 Å². The lowest BCUT2D eigenvalue weighted by molar-refractivity contribution is 0.281. The minimum Gasteiger partial charge on any atom is -0.392 e. The zero-order chi connectivity index (χ0) is 14.5. The largest absolute Gasteiger partial charge is 0.392 e. The van der Waals surface area contributed by atoms with Gasteiger partial charge in [-0.3, -0.25) is 0 Å². The van der Waals surface area contributed by atoms with Crippen molar-refractivity contribution < 1.29 is 9.63 Å². The first-order valence-electron chi connectivity index (χ1n) is 6.96. The molecular formula is C16H22N2O2. The first kappa shape index (κ1) is 14.8. The number of rotatable bonds is 6. The third-order valence-electron chi connectivity index (χ3n) is 3.64. The van der Waals surface area contributed by atoms with Crippen LogP contribution in [0.25, 0.3) is 0 Å². The molecule has 0 fully saturated rings. The molecule has 0 aliphatic heterocycles. The van der Waals surface area contributed by atoms with Crippen molar-refractivity contribution in [3.63, 3.8) is 0 Å². The van der Waals surface area contributed by atoms with Crippen LogP contribution in [0.4, 0.5) is 0 Å². The van der Waals surface area contributed by atoms with Gasteiger partial charge in [0, 0.05) is 11.6 Å². The van der Waals surface area contributed by atoms with E-state index < -0.39 is 0 Å². The Morgan fingerprint density at radius 1 is 1.35 bits per heavy atom. The van der Waals surface area contributed by atoms with Gasteiger partial charge in [-0.2, -0.15) is 0 Å². The Kier molecular flexibility index (Phi) is 4.93. The summed E-state index contributed by atoms with van der Waals surface area (Å²) in [6, 6.07) is 8.27. The van der Waals surface area contributed by atoms with Gasteiger partial charge in [0.1, 0.15) is 5.76 Å². The summed E-state index contributed by atoms with van der Waals surface area (Å²) in [7, 11) is 0. The fraction of sp³-hybridized carbons (Fsp3) is 0.438. The number of hydrogen-bond donors (Lipinski definition) is 2. The Balaban J connectivity index is 1.90. The zero-order valence-corrected chi connectivity index (χ0v) is 12.3. The highest BCUT2D eigenvalue weighted by molar-refractivity contribution is 5.25.